The van der Waals surface area contributed by atoms with Crippen LogP contribution in [0.15, 0.2) is 109 Å². The first-order chi connectivity index (χ1) is 15.3. The third-order valence-corrected chi connectivity index (χ3v) is 5.88. The van der Waals surface area contributed by atoms with Gasteiger partial charge in [-0.3, -0.25) is 9.78 Å². The second kappa shape index (κ2) is 8.53. The Kier molecular flexibility index (Phi) is 5.28. The number of hydrogen-bond acceptors (Lipinski definition) is 2. The first-order valence-electron chi connectivity index (χ1n) is 10.7. The van der Waals surface area contributed by atoms with Crippen LogP contribution in [-0.4, -0.2) is 10.8 Å². The van der Waals surface area contributed by atoms with Gasteiger partial charge in [0.25, 0.3) is 0 Å². The molecule has 1 unspecified atom stereocenters. The molecule has 4 aromatic carbocycles. The molecule has 0 N–H and O–H groups in total. The van der Waals surface area contributed by atoms with Crippen molar-refractivity contribution in [1.29, 1.82) is 0 Å². The highest BCUT2D eigenvalue weighted by Crippen LogP contribution is 2.29. The largest absolute Gasteiger partial charge is 0.294 e. The number of benzene rings is 4. The molecule has 0 saturated carbocycles. The minimum Gasteiger partial charge on any atom is -0.294 e. The topological polar surface area (TPSA) is 30.0 Å². The van der Waals surface area contributed by atoms with Crippen molar-refractivity contribution < 1.29 is 4.79 Å². The smallest absolute Gasteiger partial charge is 0.163 e. The molecule has 5 aromatic rings. The van der Waals surface area contributed by atoms with Gasteiger partial charge in [-0.25, -0.2) is 0 Å². The Morgan fingerprint density at radius 2 is 1.35 bits per heavy atom. The summed E-state index contributed by atoms with van der Waals surface area (Å²) in [5.74, 6) is 0.227. The van der Waals surface area contributed by atoms with Crippen LogP contribution in [0.5, 0.6) is 0 Å². The van der Waals surface area contributed by atoms with Crippen LogP contribution in [0.25, 0.3) is 21.7 Å². The quantitative estimate of drug-likeness (QED) is 0.287. The highest BCUT2D eigenvalue weighted by Gasteiger charge is 2.19. The van der Waals surface area contributed by atoms with Crippen molar-refractivity contribution in [1.82, 2.24) is 4.98 Å². The summed E-state index contributed by atoms with van der Waals surface area (Å²) in [5, 5.41) is 3.54. The van der Waals surface area contributed by atoms with Gasteiger partial charge >= 0.3 is 0 Å². The molecule has 5 rings (SSSR count). The van der Waals surface area contributed by atoms with Gasteiger partial charge in [0.15, 0.2) is 5.78 Å². The number of ketones is 1. The zero-order valence-electron chi connectivity index (χ0n) is 17.2. The third-order valence-electron chi connectivity index (χ3n) is 5.88. The van der Waals surface area contributed by atoms with E-state index in [1.54, 1.807) is 0 Å². The highest BCUT2D eigenvalue weighted by atomic mass is 16.1. The van der Waals surface area contributed by atoms with Crippen molar-refractivity contribution in [2.24, 2.45) is 0 Å². The van der Waals surface area contributed by atoms with Gasteiger partial charge in [0, 0.05) is 23.1 Å². The molecule has 150 valence electrons. The maximum absolute atomic E-state index is 13.1. The zero-order valence-corrected chi connectivity index (χ0v) is 17.2. The van der Waals surface area contributed by atoms with E-state index in [0.717, 1.165) is 28.6 Å². The van der Waals surface area contributed by atoms with Crippen molar-refractivity contribution in [3.63, 3.8) is 0 Å². The molecular formula is C29H23NO. The minimum atomic E-state index is 0.0611. The number of aromatic nitrogens is 1. The lowest BCUT2D eigenvalue weighted by Gasteiger charge is -2.18. The number of rotatable bonds is 6. The molecule has 31 heavy (non-hydrogen) atoms. The maximum Gasteiger partial charge on any atom is 0.163 e. The van der Waals surface area contributed by atoms with Crippen LogP contribution < -0.4 is 0 Å². The van der Waals surface area contributed by atoms with Crippen molar-refractivity contribution in [2.75, 3.05) is 0 Å². The molecule has 2 nitrogen and oxygen atoms in total. The van der Waals surface area contributed by atoms with E-state index in [2.05, 4.69) is 60.7 Å². The summed E-state index contributed by atoms with van der Waals surface area (Å²) >= 11 is 0. The lowest BCUT2D eigenvalue weighted by Crippen LogP contribution is -2.11. The van der Waals surface area contributed by atoms with Crippen LogP contribution in [-0.2, 0) is 6.42 Å². The van der Waals surface area contributed by atoms with Gasteiger partial charge in [0.2, 0.25) is 0 Å². The summed E-state index contributed by atoms with van der Waals surface area (Å²) in [6, 6.07) is 36.8. The van der Waals surface area contributed by atoms with Crippen LogP contribution in [0.2, 0.25) is 0 Å². The Labute approximate surface area is 182 Å². The number of carbonyl (C=O) groups is 1. The Bertz CT molecular complexity index is 1360. The molecule has 0 saturated heterocycles. The predicted molar refractivity (Wildman–Crippen MR) is 128 cm³/mol. The van der Waals surface area contributed by atoms with E-state index in [4.69, 9.17) is 4.98 Å². The van der Waals surface area contributed by atoms with Gasteiger partial charge in [-0.2, -0.15) is 0 Å². The lowest BCUT2D eigenvalue weighted by molar-refractivity contribution is 0.0973. The second-order valence-electron chi connectivity index (χ2n) is 8.00. The summed E-state index contributed by atoms with van der Waals surface area (Å²) in [5.41, 5.74) is 3.95. The van der Waals surface area contributed by atoms with Crippen LogP contribution in [0, 0.1) is 0 Å². The van der Waals surface area contributed by atoms with E-state index in [1.807, 2.05) is 48.5 Å². The van der Waals surface area contributed by atoms with Gasteiger partial charge in [-0.1, -0.05) is 97.1 Å². The number of carbonyl (C=O) groups excluding carboxylic acids is 1. The zero-order chi connectivity index (χ0) is 21.0. The average molecular weight is 402 g/mol. The molecule has 1 heterocycles. The maximum atomic E-state index is 13.1. The molecule has 0 bridgehead atoms. The average Bonchev–Trinajstić information content (AvgIpc) is 2.83. The van der Waals surface area contributed by atoms with Gasteiger partial charge in [-0.05, 0) is 40.8 Å². The molecule has 0 aliphatic rings. The third kappa shape index (κ3) is 4.24. The second-order valence-corrected chi connectivity index (χ2v) is 8.00. The number of pyridine rings is 1. The lowest BCUT2D eigenvalue weighted by atomic mass is 9.86. The summed E-state index contributed by atoms with van der Waals surface area (Å²) < 4.78 is 0. The molecular weight excluding hydrogens is 378 g/mol. The van der Waals surface area contributed by atoms with Crippen molar-refractivity contribution in [3.05, 3.63) is 126 Å². The molecule has 1 atom stereocenters. The number of fused-ring (bicyclic) bond motifs is 2. The van der Waals surface area contributed by atoms with Crippen LogP contribution in [0.3, 0.4) is 0 Å². The van der Waals surface area contributed by atoms with Gasteiger partial charge < -0.3 is 0 Å². The molecule has 0 radical (unpaired) electrons. The van der Waals surface area contributed by atoms with Crippen LogP contribution in [0.1, 0.15) is 34.0 Å². The SMILES string of the molecule is O=C(CC(Cc1ccc2ccccc2n1)c1ccc2ccccc2c1)c1ccccc1. The number of hydrogen-bond donors (Lipinski definition) is 0. The Morgan fingerprint density at radius 1 is 0.677 bits per heavy atom. The normalized spacial score (nSPS) is 12.1. The van der Waals surface area contributed by atoms with E-state index >= 15 is 0 Å². The molecule has 0 fully saturated rings. The van der Waals surface area contributed by atoms with E-state index in [9.17, 15) is 4.79 Å². The summed E-state index contributed by atoms with van der Waals surface area (Å²) in [6.07, 6.45) is 1.18. The summed E-state index contributed by atoms with van der Waals surface area (Å²) in [4.78, 5) is 17.9. The number of para-hydroxylation sites is 1. The highest BCUT2D eigenvalue weighted by molar-refractivity contribution is 5.96. The van der Waals surface area contributed by atoms with Gasteiger partial charge in [-0.15, -0.1) is 0 Å². The minimum absolute atomic E-state index is 0.0611. The summed E-state index contributed by atoms with van der Waals surface area (Å²) in [6.45, 7) is 0. The van der Waals surface area contributed by atoms with Crippen LogP contribution in [0.4, 0.5) is 0 Å². The van der Waals surface area contributed by atoms with E-state index in [1.165, 1.54) is 16.3 Å². The fourth-order valence-corrected chi connectivity index (χ4v) is 4.21. The molecule has 2 heteroatoms. The first kappa shape index (κ1) is 19.2. The van der Waals surface area contributed by atoms with Crippen molar-refractivity contribution in [3.8, 4) is 0 Å². The molecule has 0 aliphatic heterocycles. The van der Waals surface area contributed by atoms with E-state index < -0.39 is 0 Å². The number of nitrogens with zero attached hydrogens (tertiary/aromatic N) is 1. The fourth-order valence-electron chi connectivity index (χ4n) is 4.21. The fraction of sp³-hybridized carbons (Fsp3) is 0.103. The summed E-state index contributed by atoms with van der Waals surface area (Å²) in [7, 11) is 0. The van der Waals surface area contributed by atoms with Gasteiger partial charge in [0.05, 0.1) is 5.52 Å². The molecule has 0 spiro atoms. The molecule has 1 aromatic heterocycles. The number of Topliss-reactive ketones (excluding diaryl/α,β-unsaturated/α-hetero) is 1. The standard InChI is InChI=1S/C29H23NO/c31-29(23-10-2-1-3-11-23)20-26(25-15-14-21-8-4-5-12-24(21)18-25)19-27-17-16-22-9-6-7-13-28(22)30-27/h1-18,26H,19-20H2. The Hall–Kier alpha value is -3.78. The van der Waals surface area contributed by atoms with Gasteiger partial charge in [0.1, 0.15) is 0 Å². The molecule has 0 amide bonds. The van der Waals surface area contributed by atoms with Crippen molar-refractivity contribution >= 4 is 27.5 Å². The Morgan fingerprint density at radius 3 is 2.19 bits per heavy atom. The Balaban J connectivity index is 1.51. The monoisotopic (exact) mass is 401 g/mol. The van der Waals surface area contributed by atoms with Crippen molar-refractivity contribution in [2.45, 2.75) is 18.8 Å². The molecule has 0 aliphatic carbocycles. The predicted octanol–water partition coefficient (Wildman–Crippen LogP) is 6.99. The van der Waals surface area contributed by atoms with E-state index in [-0.39, 0.29) is 11.7 Å². The first-order valence-corrected chi connectivity index (χ1v) is 10.7. The van der Waals surface area contributed by atoms with E-state index in [0.29, 0.717) is 6.42 Å². The van der Waals surface area contributed by atoms with Crippen LogP contribution >= 0.6 is 0 Å².